The van der Waals surface area contributed by atoms with Crippen LogP contribution in [0.4, 0.5) is 0 Å². The molecule has 0 amide bonds. The van der Waals surface area contributed by atoms with Crippen LogP contribution in [0.5, 0.6) is 5.75 Å². The van der Waals surface area contributed by atoms with Crippen LogP contribution in [0.2, 0.25) is 0 Å². The molecule has 9 rings (SSSR count). The molecule has 60 heavy (non-hydrogen) atoms. The molecule has 0 atom stereocenters. The predicted octanol–water partition coefficient (Wildman–Crippen LogP) is 12.8. The number of hydrogen-bond acceptors (Lipinski definition) is 2. The van der Waals surface area contributed by atoms with Crippen molar-refractivity contribution in [3.05, 3.63) is 175 Å². The normalized spacial score (nSPS) is 12.5. The highest BCUT2D eigenvalue weighted by Crippen LogP contribution is 2.46. The van der Waals surface area contributed by atoms with E-state index in [2.05, 4.69) is 199 Å². The summed E-state index contributed by atoms with van der Waals surface area (Å²) in [5, 5.41) is 13.6. The zero-order chi connectivity index (χ0) is 42.1. The highest BCUT2D eigenvalue weighted by atomic mass is 16.3. The first-order valence-electron chi connectivity index (χ1n) is 20.9. The number of phenols is 1. The largest absolute Gasteiger partial charge is 0.507 e. The number of hydrogen-bond donors (Lipinski definition) is 1. The fourth-order valence-electron chi connectivity index (χ4n) is 8.30. The number of para-hydroxylation sites is 2. The maximum atomic E-state index is 12.5. The SMILES string of the molecule is CC(C)(C)c1ccc(-n2c(-c3cc(C(C)(C)C)cc(C(C)(C)C)c3O)nc3c2c2ccccc2n3-c2cccc(-n3[c-][n+](-c4ccccc4)cc3)c2)c(-c2ccccc2)c1. The van der Waals surface area contributed by atoms with E-state index in [4.69, 9.17) is 4.98 Å². The number of nitrogens with zero attached hydrogens (tertiary/aromatic N) is 5. The number of fused-ring (bicyclic) bond motifs is 3. The van der Waals surface area contributed by atoms with Crippen molar-refractivity contribution in [2.24, 2.45) is 0 Å². The molecule has 0 aliphatic rings. The fraction of sp³-hybridized carbons (Fsp3) is 0.222. The van der Waals surface area contributed by atoms with Crippen molar-refractivity contribution >= 4 is 22.1 Å². The average Bonchev–Trinajstić information content (AvgIpc) is 3.95. The zero-order valence-electron chi connectivity index (χ0n) is 36.1. The number of rotatable bonds is 6. The third kappa shape index (κ3) is 6.80. The molecule has 6 nitrogen and oxygen atoms in total. The quantitative estimate of drug-likeness (QED) is 0.135. The summed E-state index contributed by atoms with van der Waals surface area (Å²) < 4.78 is 8.60. The minimum Gasteiger partial charge on any atom is -0.507 e. The second kappa shape index (κ2) is 14.3. The van der Waals surface area contributed by atoms with E-state index in [1.54, 1.807) is 0 Å². The van der Waals surface area contributed by atoms with Crippen LogP contribution in [0.3, 0.4) is 0 Å². The highest BCUT2D eigenvalue weighted by molar-refractivity contribution is 6.09. The molecule has 0 bridgehead atoms. The number of benzene rings is 6. The van der Waals surface area contributed by atoms with Crippen LogP contribution in [0.25, 0.3) is 67.3 Å². The van der Waals surface area contributed by atoms with Gasteiger partial charge in [0, 0.05) is 34.6 Å². The van der Waals surface area contributed by atoms with E-state index >= 15 is 0 Å². The number of phenolic OH excluding ortho intramolecular Hbond substituents is 1. The summed E-state index contributed by atoms with van der Waals surface area (Å²) in [5.41, 5.74) is 12.4. The van der Waals surface area contributed by atoms with Crippen molar-refractivity contribution in [1.29, 1.82) is 0 Å². The van der Waals surface area contributed by atoms with Gasteiger partial charge in [-0.1, -0.05) is 147 Å². The van der Waals surface area contributed by atoms with Gasteiger partial charge in [0.2, 0.25) is 0 Å². The highest BCUT2D eigenvalue weighted by Gasteiger charge is 2.31. The molecular weight excluding hydrogens is 735 g/mol. The van der Waals surface area contributed by atoms with Crippen LogP contribution in [0.1, 0.15) is 79.0 Å². The second-order valence-corrected chi connectivity index (χ2v) is 19.1. The molecule has 0 fully saturated rings. The lowest BCUT2D eigenvalue weighted by molar-refractivity contribution is -0.599. The summed E-state index contributed by atoms with van der Waals surface area (Å²) >= 11 is 0. The molecule has 0 saturated heterocycles. The summed E-state index contributed by atoms with van der Waals surface area (Å²) in [5.74, 6) is 0.942. The Balaban J connectivity index is 1.38. The first-order valence-corrected chi connectivity index (χ1v) is 20.9. The Bertz CT molecular complexity index is 3030. The van der Waals surface area contributed by atoms with E-state index in [-0.39, 0.29) is 22.0 Å². The summed E-state index contributed by atoms with van der Waals surface area (Å²) in [6, 6.07) is 49.2. The molecule has 300 valence electrons. The molecule has 0 spiro atoms. The number of imidazole rings is 2. The average molecular weight is 788 g/mol. The van der Waals surface area contributed by atoms with Gasteiger partial charge >= 0.3 is 0 Å². The lowest BCUT2D eigenvalue weighted by atomic mass is 9.79. The molecule has 0 unspecified atom stereocenters. The maximum Gasteiger partial charge on any atom is 0.268 e. The van der Waals surface area contributed by atoms with Gasteiger partial charge in [-0.15, -0.1) is 0 Å². The van der Waals surface area contributed by atoms with Gasteiger partial charge in [-0.3, -0.25) is 18.3 Å². The molecule has 0 aliphatic heterocycles. The van der Waals surface area contributed by atoms with Crippen LogP contribution < -0.4 is 4.57 Å². The van der Waals surface area contributed by atoms with Gasteiger partial charge < -0.3 is 5.11 Å². The topological polar surface area (TPSA) is 51.8 Å². The molecule has 9 aromatic rings. The van der Waals surface area contributed by atoms with E-state index in [1.165, 1.54) is 5.56 Å². The smallest absolute Gasteiger partial charge is 0.268 e. The third-order valence-electron chi connectivity index (χ3n) is 11.7. The van der Waals surface area contributed by atoms with Gasteiger partial charge in [-0.2, -0.15) is 0 Å². The Morgan fingerprint density at radius 1 is 0.583 bits per heavy atom. The Labute approximate surface area is 353 Å². The summed E-state index contributed by atoms with van der Waals surface area (Å²) in [4.78, 5) is 5.68. The van der Waals surface area contributed by atoms with Gasteiger partial charge in [0.05, 0.1) is 28.1 Å². The Kier molecular flexibility index (Phi) is 9.23. The molecule has 6 heteroatoms. The standard InChI is InChI=1S/C54H53N5O/c1-52(2,3)37-27-28-47(43(31-37)36-19-12-10-13-20-36)59-48-42-25-16-17-26-46(42)58(41-24-18-23-40(34-41)57-30-29-56(35-57)39-21-14-11-15-22-39)51(48)55-50(59)44-32-38(53(4,5)6)33-45(49(44)60)54(7,8)9/h10-34,60H,1-9H3. The van der Waals surface area contributed by atoms with Gasteiger partial charge in [0.15, 0.2) is 11.5 Å². The van der Waals surface area contributed by atoms with Gasteiger partial charge in [-0.25, -0.2) is 4.98 Å². The Morgan fingerprint density at radius 3 is 1.93 bits per heavy atom. The lowest BCUT2D eigenvalue weighted by Crippen LogP contribution is -2.27. The molecule has 0 saturated carbocycles. The van der Waals surface area contributed by atoms with Gasteiger partial charge in [0.1, 0.15) is 11.3 Å². The van der Waals surface area contributed by atoms with Crippen LogP contribution in [0.15, 0.2) is 152 Å². The Morgan fingerprint density at radius 2 is 1.23 bits per heavy atom. The van der Waals surface area contributed by atoms with Crippen molar-refractivity contribution in [2.75, 3.05) is 0 Å². The van der Waals surface area contributed by atoms with E-state index in [9.17, 15) is 5.11 Å². The minimum atomic E-state index is -0.322. The van der Waals surface area contributed by atoms with Crippen LogP contribution >= 0.6 is 0 Å². The van der Waals surface area contributed by atoms with Crippen molar-refractivity contribution in [1.82, 2.24) is 18.7 Å². The van der Waals surface area contributed by atoms with Crippen LogP contribution in [-0.2, 0) is 16.2 Å². The predicted molar refractivity (Wildman–Crippen MR) is 246 cm³/mol. The summed E-state index contributed by atoms with van der Waals surface area (Å²) in [6.07, 6.45) is 7.56. The van der Waals surface area contributed by atoms with Crippen molar-refractivity contribution in [2.45, 2.75) is 78.6 Å². The molecule has 3 heterocycles. The van der Waals surface area contributed by atoms with Crippen LogP contribution in [-0.4, -0.2) is 23.8 Å². The third-order valence-corrected chi connectivity index (χ3v) is 11.7. The zero-order valence-corrected chi connectivity index (χ0v) is 36.1. The Hall–Kier alpha value is -6.66. The summed E-state index contributed by atoms with van der Waals surface area (Å²) in [6.45, 7) is 20.0. The van der Waals surface area contributed by atoms with E-state index in [1.807, 2.05) is 39.7 Å². The molecule has 3 aromatic heterocycles. The van der Waals surface area contributed by atoms with Crippen molar-refractivity contribution in [3.8, 4) is 51.0 Å². The molecule has 6 aromatic carbocycles. The number of aromatic nitrogens is 5. The van der Waals surface area contributed by atoms with E-state index in [0.29, 0.717) is 11.4 Å². The van der Waals surface area contributed by atoms with Crippen LogP contribution in [0, 0.1) is 6.33 Å². The van der Waals surface area contributed by atoms with Crippen molar-refractivity contribution in [3.63, 3.8) is 0 Å². The van der Waals surface area contributed by atoms with Gasteiger partial charge in [-0.05, 0) is 87.5 Å². The second-order valence-electron chi connectivity index (χ2n) is 19.1. The first kappa shape index (κ1) is 38.8. The minimum absolute atomic E-state index is 0.0748. The molecule has 0 radical (unpaired) electrons. The fourth-order valence-corrected chi connectivity index (χ4v) is 8.30. The summed E-state index contributed by atoms with van der Waals surface area (Å²) in [7, 11) is 0. The van der Waals surface area contributed by atoms with E-state index < -0.39 is 0 Å². The number of aromatic hydroxyl groups is 1. The molecule has 1 N–H and O–H groups in total. The van der Waals surface area contributed by atoms with E-state index in [0.717, 1.165) is 67.1 Å². The molecule has 0 aliphatic carbocycles. The molecular formula is C54H53N5O. The van der Waals surface area contributed by atoms with Gasteiger partial charge in [0.25, 0.3) is 6.33 Å². The van der Waals surface area contributed by atoms with Crippen molar-refractivity contribution < 1.29 is 9.67 Å². The first-order chi connectivity index (χ1) is 28.6. The lowest BCUT2D eigenvalue weighted by Gasteiger charge is -2.28. The maximum absolute atomic E-state index is 12.5. The monoisotopic (exact) mass is 787 g/mol.